The summed E-state index contributed by atoms with van der Waals surface area (Å²) in [7, 11) is 0. The number of nitrogens with zero attached hydrogens (tertiary/aromatic N) is 1. The highest BCUT2D eigenvalue weighted by Gasteiger charge is 2.08. The second-order valence-corrected chi connectivity index (χ2v) is 4.01. The third kappa shape index (κ3) is 5.68. The Labute approximate surface area is 114 Å². The molecule has 0 radical (unpaired) electrons. The number of hydrogen-bond donors (Lipinski definition) is 1. The largest absolute Gasteiger partial charge is 0.315 e. The third-order valence-electron chi connectivity index (χ3n) is 2.73. The smallest absolute Gasteiger partial charge is 0.123 e. The average Bonchev–Trinajstić information content (AvgIpc) is 2.46. The standard InChI is InChI=1S/C12H17FN2.2ClH/c13-12-4-1-3-11(9-12)10-15-7-2-5-14-6-8-15;;/h1,3-4,9,14H,2,5-8,10H2;2*1H. The number of hydrogen-bond acceptors (Lipinski definition) is 2. The van der Waals surface area contributed by atoms with Crippen LogP contribution < -0.4 is 5.32 Å². The second kappa shape index (κ2) is 8.70. The Bertz CT molecular complexity index is 315. The first kappa shape index (κ1) is 16.6. The maximum atomic E-state index is 13.0. The summed E-state index contributed by atoms with van der Waals surface area (Å²) in [5.74, 6) is -0.138. The van der Waals surface area contributed by atoms with Crippen molar-refractivity contribution in [1.82, 2.24) is 10.2 Å². The zero-order valence-electron chi connectivity index (χ0n) is 9.69. The van der Waals surface area contributed by atoms with E-state index >= 15 is 0 Å². The molecule has 0 saturated carbocycles. The van der Waals surface area contributed by atoms with E-state index in [2.05, 4.69) is 10.2 Å². The lowest BCUT2D eigenvalue weighted by atomic mass is 10.2. The topological polar surface area (TPSA) is 15.3 Å². The number of rotatable bonds is 2. The van der Waals surface area contributed by atoms with Gasteiger partial charge < -0.3 is 5.32 Å². The Balaban J connectivity index is 0.00000128. The van der Waals surface area contributed by atoms with Crippen molar-refractivity contribution >= 4 is 24.8 Å². The van der Waals surface area contributed by atoms with Crippen LogP contribution in [0.4, 0.5) is 4.39 Å². The highest BCUT2D eigenvalue weighted by molar-refractivity contribution is 5.85. The molecule has 1 fully saturated rings. The molecule has 2 rings (SSSR count). The van der Waals surface area contributed by atoms with Gasteiger partial charge in [-0.2, -0.15) is 0 Å². The average molecular weight is 281 g/mol. The van der Waals surface area contributed by atoms with Gasteiger partial charge in [0.25, 0.3) is 0 Å². The van der Waals surface area contributed by atoms with E-state index in [1.54, 1.807) is 12.1 Å². The number of nitrogens with one attached hydrogen (secondary N) is 1. The van der Waals surface area contributed by atoms with Gasteiger partial charge in [0.1, 0.15) is 5.82 Å². The lowest BCUT2D eigenvalue weighted by Crippen LogP contribution is -2.27. The van der Waals surface area contributed by atoms with E-state index in [9.17, 15) is 4.39 Å². The maximum absolute atomic E-state index is 13.0. The zero-order chi connectivity index (χ0) is 10.5. The van der Waals surface area contributed by atoms with Crippen LogP contribution in [0.5, 0.6) is 0 Å². The number of benzene rings is 1. The van der Waals surface area contributed by atoms with Gasteiger partial charge in [-0.1, -0.05) is 12.1 Å². The summed E-state index contributed by atoms with van der Waals surface area (Å²) in [6.07, 6.45) is 1.18. The lowest BCUT2D eigenvalue weighted by Gasteiger charge is -2.19. The van der Waals surface area contributed by atoms with Crippen molar-refractivity contribution in [2.75, 3.05) is 26.2 Å². The van der Waals surface area contributed by atoms with Gasteiger partial charge in [0, 0.05) is 19.6 Å². The van der Waals surface area contributed by atoms with Crippen molar-refractivity contribution in [2.24, 2.45) is 0 Å². The van der Waals surface area contributed by atoms with Crippen LogP contribution >= 0.6 is 24.8 Å². The molecule has 1 aliphatic heterocycles. The molecule has 0 aromatic heterocycles. The Morgan fingerprint density at radius 3 is 2.76 bits per heavy atom. The van der Waals surface area contributed by atoms with Gasteiger partial charge in [-0.25, -0.2) is 4.39 Å². The Morgan fingerprint density at radius 2 is 2.00 bits per heavy atom. The van der Waals surface area contributed by atoms with E-state index in [1.807, 2.05) is 6.07 Å². The van der Waals surface area contributed by atoms with E-state index in [1.165, 1.54) is 12.5 Å². The van der Waals surface area contributed by atoms with Crippen LogP contribution in [-0.2, 0) is 6.54 Å². The molecule has 5 heteroatoms. The zero-order valence-corrected chi connectivity index (χ0v) is 11.3. The summed E-state index contributed by atoms with van der Waals surface area (Å²) in [6, 6.07) is 6.88. The monoisotopic (exact) mass is 280 g/mol. The number of halogens is 3. The minimum absolute atomic E-state index is 0. The van der Waals surface area contributed by atoms with Gasteiger partial charge >= 0.3 is 0 Å². The molecule has 98 valence electrons. The Morgan fingerprint density at radius 1 is 1.18 bits per heavy atom. The van der Waals surface area contributed by atoms with E-state index in [0.29, 0.717) is 0 Å². The molecule has 0 bridgehead atoms. The Kier molecular flexibility index (Phi) is 8.52. The maximum Gasteiger partial charge on any atom is 0.123 e. The summed E-state index contributed by atoms with van der Waals surface area (Å²) >= 11 is 0. The van der Waals surface area contributed by atoms with Crippen LogP contribution in [0.25, 0.3) is 0 Å². The van der Waals surface area contributed by atoms with Gasteiger partial charge in [-0.3, -0.25) is 4.90 Å². The summed E-state index contributed by atoms with van der Waals surface area (Å²) in [5, 5.41) is 3.36. The lowest BCUT2D eigenvalue weighted by molar-refractivity contribution is 0.284. The molecule has 1 saturated heterocycles. The van der Waals surface area contributed by atoms with Crippen LogP contribution in [0.15, 0.2) is 24.3 Å². The highest BCUT2D eigenvalue weighted by atomic mass is 35.5. The van der Waals surface area contributed by atoms with Crippen molar-refractivity contribution < 1.29 is 4.39 Å². The molecule has 17 heavy (non-hydrogen) atoms. The fourth-order valence-electron chi connectivity index (χ4n) is 1.95. The molecule has 0 amide bonds. The van der Waals surface area contributed by atoms with Crippen molar-refractivity contribution in [3.8, 4) is 0 Å². The summed E-state index contributed by atoms with van der Waals surface area (Å²) in [4.78, 5) is 2.37. The van der Waals surface area contributed by atoms with Gasteiger partial charge in [0.2, 0.25) is 0 Å². The quantitative estimate of drug-likeness (QED) is 0.896. The fraction of sp³-hybridized carbons (Fsp3) is 0.500. The van der Waals surface area contributed by atoms with E-state index in [-0.39, 0.29) is 30.6 Å². The summed E-state index contributed by atoms with van der Waals surface area (Å²) < 4.78 is 13.0. The molecule has 0 aliphatic carbocycles. The van der Waals surface area contributed by atoms with Crippen LogP contribution in [-0.4, -0.2) is 31.1 Å². The van der Waals surface area contributed by atoms with Crippen molar-refractivity contribution in [3.05, 3.63) is 35.6 Å². The minimum atomic E-state index is -0.138. The second-order valence-electron chi connectivity index (χ2n) is 4.01. The van der Waals surface area contributed by atoms with E-state index in [0.717, 1.165) is 38.3 Å². The first-order chi connectivity index (χ1) is 7.34. The highest BCUT2D eigenvalue weighted by Crippen LogP contribution is 2.08. The normalized spacial score (nSPS) is 16.5. The van der Waals surface area contributed by atoms with Crippen LogP contribution in [0.3, 0.4) is 0 Å². The van der Waals surface area contributed by atoms with Crippen LogP contribution in [0, 0.1) is 5.82 Å². The Hall–Kier alpha value is -0.350. The third-order valence-corrected chi connectivity index (χ3v) is 2.73. The predicted octanol–water partition coefficient (Wildman–Crippen LogP) is 2.46. The minimum Gasteiger partial charge on any atom is -0.315 e. The summed E-state index contributed by atoms with van der Waals surface area (Å²) in [5.41, 5.74) is 1.07. The van der Waals surface area contributed by atoms with Gasteiger partial charge in [0.05, 0.1) is 0 Å². The molecule has 1 aromatic carbocycles. The van der Waals surface area contributed by atoms with E-state index < -0.39 is 0 Å². The molecular weight excluding hydrogens is 262 g/mol. The molecule has 0 atom stereocenters. The molecular formula is C12H19Cl2FN2. The van der Waals surface area contributed by atoms with Gasteiger partial charge in [-0.15, -0.1) is 24.8 Å². The van der Waals surface area contributed by atoms with Crippen LogP contribution in [0.1, 0.15) is 12.0 Å². The van der Waals surface area contributed by atoms with E-state index in [4.69, 9.17) is 0 Å². The van der Waals surface area contributed by atoms with Crippen molar-refractivity contribution in [3.63, 3.8) is 0 Å². The molecule has 0 unspecified atom stereocenters. The SMILES string of the molecule is Cl.Cl.Fc1cccc(CN2CCCNCC2)c1. The van der Waals surface area contributed by atoms with Crippen molar-refractivity contribution in [2.45, 2.75) is 13.0 Å². The van der Waals surface area contributed by atoms with Gasteiger partial charge in [-0.05, 0) is 37.2 Å². The fourth-order valence-corrected chi connectivity index (χ4v) is 1.95. The van der Waals surface area contributed by atoms with Crippen molar-refractivity contribution in [1.29, 1.82) is 0 Å². The molecule has 2 nitrogen and oxygen atoms in total. The van der Waals surface area contributed by atoms with Gasteiger partial charge in [0.15, 0.2) is 0 Å². The molecule has 1 aliphatic rings. The molecule has 1 heterocycles. The molecule has 1 N–H and O–H groups in total. The first-order valence-corrected chi connectivity index (χ1v) is 5.52. The molecule has 0 spiro atoms. The summed E-state index contributed by atoms with van der Waals surface area (Å²) in [6.45, 7) is 5.15. The predicted molar refractivity (Wildman–Crippen MR) is 73.7 cm³/mol. The molecule has 1 aromatic rings. The van der Waals surface area contributed by atoms with Crippen LogP contribution in [0.2, 0.25) is 0 Å². The first-order valence-electron chi connectivity index (χ1n) is 5.52.